The van der Waals surface area contributed by atoms with Crippen LogP contribution in [0.25, 0.3) is 0 Å². The molecule has 3 aromatic rings. The fourth-order valence-electron chi connectivity index (χ4n) is 2.84. The predicted octanol–water partition coefficient (Wildman–Crippen LogP) is 5.07. The quantitative estimate of drug-likeness (QED) is 0.569. The molecule has 0 aromatic heterocycles. The third-order valence-electron chi connectivity index (χ3n) is 4.34. The lowest BCUT2D eigenvalue weighted by Crippen LogP contribution is -2.00. The van der Waals surface area contributed by atoms with Crippen LogP contribution in [0.3, 0.4) is 0 Å². The Kier molecular flexibility index (Phi) is 6.15. The number of methoxy groups -OCH3 is 2. The van der Waals surface area contributed by atoms with Crippen molar-refractivity contribution < 1.29 is 14.2 Å². The van der Waals surface area contributed by atoms with E-state index in [0.717, 1.165) is 35.7 Å². The van der Waals surface area contributed by atoms with Gasteiger partial charge in [0.2, 0.25) is 0 Å². The summed E-state index contributed by atoms with van der Waals surface area (Å²) in [6.45, 7) is 0.542. The minimum atomic E-state index is 0.542. The summed E-state index contributed by atoms with van der Waals surface area (Å²) in [4.78, 5) is 0. The van der Waals surface area contributed by atoms with Crippen LogP contribution in [-0.2, 0) is 19.4 Å². The number of para-hydroxylation sites is 1. The van der Waals surface area contributed by atoms with E-state index in [0.29, 0.717) is 6.61 Å². The summed E-state index contributed by atoms with van der Waals surface area (Å²) in [6, 6.07) is 24.4. The van der Waals surface area contributed by atoms with Crippen molar-refractivity contribution in [1.82, 2.24) is 0 Å². The molecule has 3 aromatic carbocycles. The van der Waals surface area contributed by atoms with Gasteiger partial charge in [0.05, 0.1) is 14.2 Å². The Morgan fingerprint density at radius 1 is 0.654 bits per heavy atom. The van der Waals surface area contributed by atoms with E-state index in [9.17, 15) is 0 Å². The molecule has 0 saturated heterocycles. The van der Waals surface area contributed by atoms with E-state index < -0.39 is 0 Å². The van der Waals surface area contributed by atoms with E-state index in [1.807, 2.05) is 48.5 Å². The SMILES string of the molecule is COc1ccc(COc2ccccc2CCc2cccc(OC)c2)cc1. The standard InChI is InChI=1S/C23H24O3/c1-24-21-14-11-19(12-15-21)17-26-23-9-4-3-7-20(23)13-10-18-6-5-8-22(16-18)25-2/h3-9,11-12,14-16H,10,13,17H2,1-2H3. The molecule has 0 unspecified atom stereocenters. The van der Waals surface area contributed by atoms with Gasteiger partial charge in [-0.3, -0.25) is 0 Å². The van der Waals surface area contributed by atoms with Gasteiger partial charge < -0.3 is 14.2 Å². The Labute approximate surface area is 155 Å². The van der Waals surface area contributed by atoms with Crippen molar-refractivity contribution in [2.24, 2.45) is 0 Å². The van der Waals surface area contributed by atoms with Gasteiger partial charge in [0.15, 0.2) is 0 Å². The number of rotatable bonds is 8. The molecule has 0 radical (unpaired) electrons. The third-order valence-corrected chi connectivity index (χ3v) is 4.34. The second-order valence-electron chi connectivity index (χ2n) is 6.10. The molecule has 0 N–H and O–H groups in total. The molecule has 0 fully saturated rings. The van der Waals surface area contributed by atoms with Crippen LogP contribution in [-0.4, -0.2) is 14.2 Å². The average Bonchev–Trinajstić information content (AvgIpc) is 2.72. The van der Waals surface area contributed by atoms with E-state index >= 15 is 0 Å². The van der Waals surface area contributed by atoms with E-state index in [1.54, 1.807) is 14.2 Å². The average molecular weight is 348 g/mol. The zero-order valence-electron chi connectivity index (χ0n) is 15.3. The summed E-state index contributed by atoms with van der Waals surface area (Å²) in [7, 11) is 3.37. The lowest BCUT2D eigenvalue weighted by molar-refractivity contribution is 0.302. The lowest BCUT2D eigenvalue weighted by Gasteiger charge is -2.12. The molecule has 134 valence electrons. The van der Waals surface area contributed by atoms with Crippen molar-refractivity contribution in [3.8, 4) is 17.2 Å². The van der Waals surface area contributed by atoms with Gasteiger partial charge in [-0.15, -0.1) is 0 Å². The largest absolute Gasteiger partial charge is 0.497 e. The summed E-state index contributed by atoms with van der Waals surface area (Å²) >= 11 is 0. The van der Waals surface area contributed by atoms with Crippen LogP contribution in [0.1, 0.15) is 16.7 Å². The van der Waals surface area contributed by atoms with Crippen LogP contribution in [0.4, 0.5) is 0 Å². The number of benzene rings is 3. The lowest BCUT2D eigenvalue weighted by atomic mass is 10.0. The summed E-state index contributed by atoms with van der Waals surface area (Å²) in [5, 5.41) is 0. The summed E-state index contributed by atoms with van der Waals surface area (Å²) in [5.41, 5.74) is 3.59. The van der Waals surface area contributed by atoms with Crippen molar-refractivity contribution in [1.29, 1.82) is 0 Å². The molecule has 0 aliphatic carbocycles. The van der Waals surface area contributed by atoms with Crippen molar-refractivity contribution in [2.45, 2.75) is 19.4 Å². The van der Waals surface area contributed by atoms with E-state index in [2.05, 4.69) is 24.3 Å². The van der Waals surface area contributed by atoms with Crippen LogP contribution in [0.15, 0.2) is 72.8 Å². The first-order valence-corrected chi connectivity index (χ1v) is 8.75. The van der Waals surface area contributed by atoms with Gasteiger partial charge in [0.1, 0.15) is 23.9 Å². The van der Waals surface area contributed by atoms with Crippen molar-refractivity contribution in [2.75, 3.05) is 14.2 Å². The molecule has 3 nitrogen and oxygen atoms in total. The second kappa shape index (κ2) is 8.95. The minimum absolute atomic E-state index is 0.542. The fraction of sp³-hybridized carbons (Fsp3) is 0.217. The van der Waals surface area contributed by atoms with Crippen LogP contribution in [0.5, 0.6) is 17.2 Å². The molecular formula is C23H24O3. The van der Waals surface area contributed by atoms with Crippen LogP contribution >= 0.6 is 0 Å². The van der Waals surface area contributed by atoms with Crippen molar-refractivity contribution in [3.05, 3.63) is 89.5 Å². The highest BCUT2D eigenvalue weighted by Gasteiger charge is 2.05. The monoisotopic (exact) mass is 348 g/mol. The van der Waals surface area contributed by atoms with Gasteiger partial charge in [0, 0.05) is 0 Å². The summed E-state index contributed by atoms with van der Waals surface area (Å²) < 4.78 is 16.6. The van der Waals surface area contributed by atoms with Crippen molar-refractivity contribution in [3.63, 3.8) is 0 Å². The maximum Gasteiger partial charge on any atom is 0.123 e. The normalized spacial score (nSPS) is 10.4. The van der Waals surface area contributed by atoms with Crippen LogP contribution < -0.4 is 14.2 Å². The Morgan fingerprint density at radius 2 is 1.42 bits per heavy atom. The van der Waals surface area contributed by atoms with E-state index in [-0.39, 0.29) is 0 Å². The number of hydrogen-bond donors (Lipinski definition) is 0. The molecule has 0 atom stereocenters. The first kappa shape index (κ1) is 17.9. The molecule has 0 amide bonds. The maximum absolute atomic E-state index is 6.06. The van der Waals surface area contributed by atoms with Crippen molar-refractivity contribution >= 4 is 0 Å². The Bertz CT molecular complexity index is 825. The van der Waals surface area contributed by atoms with Gasteiger partial charge >= 0.3 is 0 Å². The topological polar surface area (TPSA) is 27.7 Å². The smallest absolute Gasteiger partial charge is 0.123 e. The third kappa shape index (κ3) is 4.79. The Balaban J connectivity index is 1.63. The first-order chi connectivity index (χ1) is 12.8. The number of hydrogen-bond acceptors (Lipinski definition) is 3. The van der Waals surface area contributed by atoms with Gasteiger partial charge in [-0.1, -0.05) is 42.5 Å². The van der Waals surface area contributed by atoms with Gasteiger partial charge in [-0.2, -0.15) is 0 Å². The van der Waals surface area contributed by atoms with Gasteiger partial charge in [0.25, 0.3) is 0 Å². The molecule has 0 saturated carbocycles. The number of aryl methyl sites for hydroxylation is 2. The van der Waals surface area contributed by atoms with Crippen LogP contribution in [0, 0.1) is 0 Å². The molecule has 0 aliphatic heterocycles. The molecule has 0 bridgehead atoms. The molecule has 3 heteroatoms. The highest BCUT2D eigenvalue weighted by atomic mass is 16.5. The molecule has 26 heavy (non-hydrogen) atoms. The summed E-state index contributed by atoms with van der Waals surface area (Å²) in [6.07, 6.45) is 1.87. The van der Waals surface area contributed by atoms with Gasteiger partial charge in [-0.05, 0) is 59.9 Å². The minimum Gasteiger partial charge on any atom is -0.497 e. The fourth-order valence-corrected chi connectivity index (χ4v) is 2.84. The second-order valence-corrected chi connectivity index (χ2v) is 6.10. The highest BCUT2D eigenvalue weighted by Crippen LogP contribution is 2.23. The zero-order chi connectivity index (χ0) is 18.2. The van der Waals surface area contributed by atoms with E-state index in [1.165, 1.54) is 11.1 Å². The number of ether oxygens (including phenoxy) is 3. The molecular weight excluding hydrogens is 324 g/mol. The van der Waals surface area contributed by atoms with E-state index in [4.69, 9.17) is 14.2 Å². The molecule has 0 aliphatic rings. The molecule has 0 spiro atoms. The highest BCUT2D eigenvalue weighted by molar-refractivity contribution is 5.36. The Morgan fingerprint density at radius 3 is 2.19 bits per heavy atom. The maximum atomic E-state index is 6.06. The summed E-state index contributed by atoms with van der Waals surface area (Å²) in [5.74, 6) is 2.69. The first-order valence-electron chi connectivity index (χ1n) is 8.75. The predicted molar refractivity (Wildman–Crippen MR) is 104 cm³/mol. The Hall–Kier alpha value is -2.94. The zero-order valence-corrected chi connectivity index (χ0v) is 15.3. The van der Waals surface area contributed by atoms with Crippen LogP contribution in [0.2, 0.25) is 0 Å². The molecule has 3 rings (SSSR count). The molecule has 0 heterocycles. The van der Waals surface area contributed by atoms with Gasteiger partial charge in [-0.25, -0.2) is 0 Å².